The number of carboxylic acids is 1. The van der Waals surface area contributed by atoms with Gasteiger partial charge in [0.15, 0.2) is 0 Å². The van der Waals surface area contributed by atoms with Gasteiger partial charge in [-0.2, -0.15) is 0 Å². The van der Waals surface area contributed by atoms with E-state index in [1.54, 1.807) is 5.94 Å². The van der Waals surface area contributed by atoms with Crippen molar-refractivity contribution < 1.29 is 14.7 Å². The van der Waals surface area contributed by atoms with Crippen molar-refractivity contribution in [3.8, 4) is 0 Å². The smallest absolute Gasteiger partial charge is 0.325 e. The molecular formula is C10H17NO3. The fraction of sp³-hybridized carbons (Fsp3) is 0.700. The molecule has 0 aromatic rings. The van der Waals surface area contributed by atoms with E-state index in [4.69, 9.17) is 5.11 Å². The summed E-state index contributed by atoms with van der Waals surface area (Å²) in [7, 11) is 0. The highest BCUT2D eigenvalue weighted by Gasteiger charge is 2.18. The predicted molar refractivity (Wildman–Crippen MR) is 53.8 cm³/mol. The molecular weight excluding hydrogens is 182 g/mol. The number of rotatable bonds is 7. The van der Waals surface area contributed by atoms with Gasteiger partial charge in [0.05, 0.1) is 0 Å². The van der Waals surface area contributed by atoms with Crippen molar-refractivity contribution >= 4 is 11.9 Å². The van der Waals surface area contributed by atoms with E-state index in [0.717, 1.165) is 19.3 Å². The lowest BCUT2D eigenvalue weighted by Crippen LogP contribution is -2.38. The molecule has 0 aliphatic heterocycles. The molecule has 0 rings (SSSR count). The lowest BCUT2D eigenvalue weighted by Gasteiger charge is -2.12. The summed E-state index contributed by atoms with van der Waals surface area (Å²) < 4.78 is 0. The molecule has 0 aliphatic carbocycles. The first-order valence-corrected chi connectivity index (χ1v) is 4.81. The molecule has 0 bridgehead atoms. The molecule has 0 radical (unpaired) electrons. The zero-order chi connectivity index (χ0) is 11.0. The summed E-state index contributed by atoms with van der Waals surface area (Å²) in [6.45, 7) is 4.16. The van der Waals surface area contributed by atoms with Gasteiger partial charge in [0.2, 0.25) is 0 Å². The molecule has 0 spiro atoms. The number of hydrogen-bond donors (Lipinski definition) is 2. The fourth-order valence-electron chi connectivity index (χ4n) is 1.11. The molecule has 80 valence electrons. The number of carbonyl (C=O) groups is 1. The molecule has 4 heteroatoms. The molecule has 1 unspecified atom stereocenters. The molecule has 14 heavy (non-hydrogen) atoms. The zero-order valence-electron chi connectivity index (χ0n) is 8.67. The van der Waals surface area contributed by atoms with E-state index in [0.29, 0.717) is 6.54 Å². The number of unbranched alkanes of at least 4 members (excludes halogenated alkanes) is 2. The van der Waals surface area contributed by atoms with Crippen LogP contribution in [0.5, 0.6) is 0 Å². The summed E-state index contributed by atoms with van der Waals surface area (Å²) in [6, 6.07) is -0.885. The second-order valence-corrected chi connectivity index (χ2v) is 3.22. The predicted octanol–water partition coefficient (Wildman–Crippen LogP) is 0.997. The Balaban J connectivity index is 3.99. The van der Waals surface area contributed by atoms with E-state index in [1.807, 2.05) is 0 Å². The highest BCUT2D eigenvalue weighted by Crippen LogP contribution is 1.99. The maximum Gasteiger partial charge on any atom is 0.325 e. The Labute approximate surface area is 84.0 Å². The summed E-state index contributed by atoms with van der Waals surface area (Å²) in [6.07, 6.45) is 3.07. The first kappa shape index (κ1) is 12.9. The molecule has 0 aliphatic rings. The number of aliphatic carboxylic acids is 1. The Morgan fingerprint density at radius 3 is 2.57 bits per heavy atom. The van der Waals surface area contributed by atoms with E-state index in [9.17, 15) is 9.59 Å². The summed E-state index contributed by atoms with van der Waals surface area (Å²) >= 11 is 0. The van der Waals surface area contributed by atoms with Gasteiger partial charge >= 0.3 is 5.97 Å². The number of nitrogens with one attached hydrogen (secondary N) is 1. The first-order valence-electron chi connectivity index (χ1n) is 4.81. The van der Waals surface area contributed by atoms with Gasteiger partial charge < -0.3 is 10.4 Å². The van der Waals surface area contributed by atoms with E-state index in [2.05, 4.69) is 12.2 Å². The number of carboxylic acid groups (broad SMARTS) is 1. The molecule has 0 amide bonds. The Kier molecular flexibility index (Phi) is 6.72. The van der Waals surface area contributed by atoms with Gasteiger partial charge in [0.1, 0.15) is 12.0 Å². The van der Waals surface area contributed by atoms with Crippen molar-refractivity contribution in [2.45, 2.75) is 39.2 Å². The zero-order valence-corrected chi connectivity index (χ0v) is 8.67. The third kappa shape index (κ3) is 4.80. The quantitative estimate of drug-likeness (QED) is 0.474. The lowest BCUT2D eigenvalue weighted by atomic mass is 10.1. The Bertz CT molecular complexity index is 232. The first-order chi connectivity index (χ1) is 6.63. The third-order valence-electron chi connectivity index (χ3n) is 1.97. The van der Waals surface area contributed by atoms with Gasteiger partial charge in [-0.25, -0.2) is 4.79 Å². The van der Waals surface area contributed by atoms with Crippen LogP contribution >= 0.6 is 0 Å². The van der Waals surface area contributed by atoms with Crippen LogP contribution in [0.4, 0.5) is 0 Å². The highest BCUT2D eigenvalue weighted by molar-refractivity contribution is 5.80. The van der Waals surface area contributed by atoms with Crippen LogP contribution in [0.2, 0.25) is 0 Å². The largest absolute Gasteiger partial charge is 0.480 e. The number of hydrogen-bond acceptors (Lipinski definition) is 3. The van der Waals surface area contributed by atoms with Crippen LogP contribution in [0.25, 0.3) is 0 Å². The van der Waals surface area contributed by atoms with Crippen LogP contribution in [0.3, 0.4) is 0 Å². The topological polar surface area (TPSA) is 66.4 Å². The van der Waals surface area contributed by atoms with E-state index < -0.39 is 12.0 Å². The SMILES string of the molecule is CCCCCNC(C(=O)O)C(C)=C=O. The van der Waals surface area contributed by atoms with Gasteiger partial charge in [-0.1, -0.05) is 19.8 Å². The summed E-state index contributed by atoms with van der Waals surface area (Å²) in [4.78, 5) is 21.0. The van der Waals surface area contributed by atoms with Crippen LogP contribution in [-0.2, 0) is 9.59 Å². The normalized spacial score (nSPS) is 11.9. The van der Waals surface area contributed by atoms with E-state index in [1.165, 1.54) is 6.92 Å². The van der Waals surface area contributed by atoms with Crippen LogP contribution < -0.4 is 5.32 Å². The second kappa shape index (κ2) is 7.30. The van der Waals surface area contributed by atoms with Crippen molar-refractivity contribution in [1.82, 2.24) is 5.32 Å². The average molecular weight is 199 g/mol. The second-order valence-electron chi connectivity index (χ2n) is 3.22. The van der Waals surface area contributed by atoms with E-state index >= 15 is 0 Å². The van der Waals surface area contributed by atoms with Crippen molar-refractivity contribution in [1.29, 1.82) is 0 Å². The number of carbonyl (C=O) groups excluding carboxylic acids is 1. The fourth-order valence-corrected chi connectivity index (χ4v) is 1.11. The molecule has 2 N–H and O–H groups in total. The molecule has 0 aromatic carbocycles. The van der Waals surface area contributed by atoms with Gasteiger partial charge in [-0.05, 0) is 19.9 Å². The summed E-state index contributed by atoms with van der Waals surface area (Å²) in [5, 5.41) is 11.6. The Morgan fingerprint density at radius 2 is 2.14 bits per heavy atom. The lowest BCUT2D eigenvalue weighted by molar-refractivity contribution is -0.138. The molecule has 0 saturated heterocycles. The Hall–Kier alpha value is -1.12. The monoisotopic (exact) mass is 199 g/mol. The minimum Gasteiger partial charge on any atom is -0.480 e. The van der Waals surface area contributed by atoms with Crippen LogP contribution in [0.15, 0.2) is 5.57 Å². The van der Waals surface area contributed by atoms with Crippen molar-refractivity contribution in [2.75, 3.05) is 6.54 Å². The van der Waals surface area contributed by atoms with Gasteiger partial charge in [0, 0.05) is 5.57 Å². The molecule has 0 saturated carbocycles. The van der Waals surface area contributed by atoms with Crippen molar-refractivity contribution in [2.24, 2.45) is 0 Å². The maximum absolute atomic E-state index is 10.7. The van der Waals surface area contributed by atoms with Gasteiger partial charge in [-0.15, -0.1) is 0 Å². The maximum atomic E-state index is 10.7. The van der Waals surface area contributed by atoms with Crippen molar-refractivity contribution in [3.05, 3.63) is 5.57 Å². The minimum absolute atomic E-state index is 0.189. The van der Waals surface area contributed by atoms with Crippen molar-refractivity contribution in [3.63, 3.8) is 0 Å². The van der Waals surface area contributed by atoms with Gasteiger partial charge in [-0.3, -0.25) is 4.79 Å². The molecule has 4 nitrogen and oxygen atoms in total. The van der Waals surface area contributed by atoms with Crippen LogP contribution in [0.1, 0.15) is 33.1 Å². The third-order valence-corrected chi connectivity index (χ3v) is 1.97. The molecule has 0 heterocycles. The Morgan fingerprint density at radius 1 is 1.50 bits per heavy atom. The van der Waals surface area contributed by atoms with Crippen LogP contribution in [-0.4, -0.2) is 29.6 Å². The van der Waals surface area contributed by atoms with E-state index in [-0.39, 0.29) is 5.57 Å². The molecule has 0 aromatic heterocycles. The molecule has 1 atom stereocenters. The highest BCUT2D eigenvalue weighted by atomic mass is 16.4. The summed E-state index contributed by atoms with van der Waals surface area (Å²) in [5.41, 5.74) is 0.189. The van der Waals surface area contributed by atoms with Gasteiger partial charge in [0.25, 0.3) is 0 Å². The standard InChI is InChI=1S/C10H17NO3/c1-3-4-5-6-11-9(10(13)14)8(2)7-12/h9,11H,3-6H2,1-2H3,(H,13,14). The summed E-state index contributed by atoms with van der Waals surface area (Å²) in [5.74, 6) is 0.585. The minimum atomic E-state index is -1.03. The average Bonchev–Trinajstić information content (AvgIpc) is 2.16. The molecule has 0 fully saturated rings. The van der Waals surface area contributed by atoms with Crippen LogP contribution in [0, 0.1) is 0 Å².